The van der Waals surface area contributed by atoms with E-state index in [-0.39, 0.29) is 24.0 Å². The van der Waals surface area contributed by atoms with Crippen LogP contribution >= 0.6 is 24.0 Å². The fourth-order valence-corrected chi connectivity index (χ4v) is 4.36. The summed E-state index contributed by atoms with van der Waals surface area (Å²) in [6, 6.07) is 17.0. The largest absolute Gasteiger partial charge is 0.497 e. The van der Waals surface area contributed by atoms with Crippen molar-refractivity contribution in [1.29, 1.82) is 0 Å². The van der Waals surface area contributed by atoms with E-state index in [9.17, 15) is 0 Å². The number of nitrogens with zero attached hydrogens (tertiary/aromatic N) is 4. The molecule has 0 amide bonds. The molecule has 7 nitrogen and oxygen atoms in total. The van der Waals surface area contributed by atoms with Crippen molar-refractivity contribution in [3.63, 3.8) is 0 Å². The lowest BCUT2D eigenvalue weighted by Gasteiger charge is -2.37. The smallest absolute Gasteiger partial charge is 0.194 e. The minimum Gasteiger partial charge on any atom is -0.497 e. The van der Waals surface area contributed by atoms with Crippen molar-refractivity contribution in [2.45, 2.75) is 13.1 Å². The number of morpholine rings is 1. The van der Waals surface area contributed by atoms with E-state index in [1.165, 1.54) is 16.8 Å². The molecule has 2 fully saturated rings. The Morgan fingerprint density at radius 2 is 1.61 bits per heavy atom. The molecule has 0 bridgehead atoms. The van der Waals surface area contributed by atoms with Gasteiger partial charge in [0.1, 0.15) is 5.75 Å². The summed E-state index contributed by atoms with van der Waals surface area (Å²) < 4.78 is 10.8. The van der Waals surface area contributed by atoms with Gasteiger partial charge in [-0.1, -0.05) is 24.3 Å². The van der Waals surface area contributed by atoms with Crippen LogP contribution in [0.2, 0.25) is 0 Å². The zero-order valence-corrected chi connectivity index (χ0v) is 22.0. The number of piperazine rings is 1. The maximum absolute atomic E-state index is 5.49. The zero-order valence-electron chi connectivity index (χ0n) is 19.7. The number of halogens is 1. The minimum atomic E-state index is 0. The molecule has 0 aromatic heterocycles. The summed E-state index contributed by atoms with van der Waals surface area (Å²) in [6.45, 7) is 9.25. The Hall–Kier alpha value is -2.04. The molecule has 0 aliphatic carbocycles. The van der Waals surface area contributed by atoms with Crippen molar-refractivity contribution in [2.24, 2.45) is 4.99 Å². The van der Waals surface area contributed by atoms with Gasteiger partial charge in [-0.15, -0.1) is 24.0 Å². The fraction of sp³-hybridized carbons (Fsp3) is 0.480. The highest BCUT2D eigenvalue weighted by Crippen LogP contribution is 2.20. The number of hydrogen-bond acceptors (Lipinski definition) is 5. The molecule has 2 saturated heterocycles. The summed E-state index contributed by atoms with van der Waals surface area (Å²) in [7, 11) is 3.57. The summed E-state index contributed by atoms with van der Waals surface area (Å²) in [6.07, 6.45) is 0. The van der Waals surface area contributed by atoms with E-state index in [0.29, 0.717) is 0 Å². The number of benzene rings is 2. The van der Waals surface area contributed by atoms with E-state index in [2.05, 4.69) is 61.4 Å². The maximum Gasteiger partial charge on any atom is 0.194 e. The number of ether oxygens (including phenoxy) is 2. The van der Waals surface area contributed by atoms with Crippen LogP contribution in [0.5, 0.6) is 5.75 Å². The quantitative estimate of drug-likeness (QED) is 0.330. The summed E-state index contributed by atoms with van der Waals surface area (Å²) in [5.74, 6) is 1.87. The van der Waals surface area contributed by atoms with Crippen molar-refractivity contribution < 1.29 is 9.47 Å². The Morgan fingerprint density at radius 3 is 2.24 bits per heavy atom. The Bertz CT molecular complexity index is 879. The third-order valence-electron chi connectivity index (χ3n) is 6.28. The summed E-state index contributed by atoms with van der Waals surface area (Å²) >= 11 is 0. The number of rotatable bonds is 6. The van der Waals surface area contributed by atoms with E-state index in [1.54, 1.807) is 7.11 Å². The molecule has 0 unspecified atom stereocenters. The molecule has 2 heterocycles. The highest BCUT2D eigenvalue weighted by Gasteiger charge is 2.20. The van der Waals surface area contributed by atoms with Gasteiger partial charge in [-0.25, -0.2) is 0 Å². The molecule has 4 rings (SSSR count). The Labute approximate surface area is 214 Å². The number of methoxy groups -OCH3 is 1. The van der Waals surface area contributed by atoms with Crippen molar-refractivity contribution in [2.75, 3.05) is 71.5 Å². The average Bonchev–Trinajstić information content (AvgIpc) is 2.86. The third kappa shape index (κ3) is 6.97. The lowest BCUT2D eigenvalue weighted by molar-refractivity contribution is 0.0341. The van der Waals surface area contributed by atoms with Gasteiger partial charge in [0.25, 0.3) is 0 Å². The normalized spacial score (nSPS) is 17.5. The van der Waals surface area contributed by atoms with Crippen molar-refractivity contribution in [3.8, 4) is 5.75 Å². The summed E-state index contributed by atoms with van der Waals surface area (Å²) in [5, 5.41) is 3.60. The molecule has 0 saturated carbocycles. The van der Waals surface area contributed by atoms with Crippen LogP contribution in [0, 0.1) is 0 Å². The third-order valence-corrected chi connectivity index (χ3v) is 6.28. The van der Waals surface area contributed by atoms with Gasteiger partial charge in [-0.3, -0.25) is 9.89 Å². The molecule has 8 heteroatoms. The van der Waals surface area contributed by atoms with Crippen molar-refractivity contribution in [3.05, 3.63) is 59.7 Å². The number of nitrogens with one attached hydrogen (secondary N) is 1. The molecule has 2 aromatic carbocycles. The van der Waals surface area contributed by atoms with E-state index >= 15 is 0 Å². The predicted molar refractivity (Wildman–Crippen MR) is 145 cm³/mol. The lowest BCUT2D eigenvalue weighted by atomic mass is 10.1. The second kappa shape index (κ2) is 13.0. The number of hydrogen-bond donors (Lipinski definition) is 1. The summed E-state index contributed by atoms with van der Waals surface area (Å²) in [4.78, 5) is 11.8. The van der Waals surface area contributed by atoms with Gasteiger partial charge in [0.2, 0.25) is 0 Å². The fourth-order valence-electron chi connectivity index (χ4n) is 4.36. The van der Waals surface area contributed by atoms with Crippen LogP contribution in [0.1, 0.15) is 11.1 Å². The number of guanidine groups is 1. The molecule has 33 heavy (non-hydrogen) atoms. The van der Waals surface area contributed by atoms with Crippen LogP contribution in [0.3, 0.4) is 0 Å². The van der Waals surface area contributed by atoms with Crippen molar-refractivity contribution in [1.82, 2.24) is 15.1 Å². The van der Waals surface area contributed by atoms with Crippen LogP contribution < -0.4 is 15.0 Å². The molecule has 0 radical (unpaired) electrons. The molecule has 0 atom stereocenters. The van der Waals surface area contributed by atoms with Gasteiger partial charge in [0.05, 0.1) is 20.3 Å². The number of aliphatic imine (C=N–C) groups is 1. The van der Waals surface area contributed by atoms with E-state index in [4.69, 9.17) is 9.47 Å². The average molecular weight is 566 g/mol. The van der Waals surface area contributed by atoms with Crippen LogP contribution in [0.15, 0.2) is 53.5 Å². The zero-order chi connectivity index (χ0) is 22.2. The number of anilines is 1. The van der Waals surface area contributed by atoms with E-state index < -0.39 is 0 Å². The highest BCUT2D eigenvalue weighted by molar-refractivity contribution is 14.0. The first-order valence-corrected chi connectivity index (χ1v) is 11.5. The van der Waals surface area contributed by atoms with Crippen LogP contribution in [0.25, 0.3) is 0 Å². The standard InChI is InChI=1S/C25H35N5O2.HI/c1-26-25(30-13-11-29(12-14-30)23-7-9-24(31-2)10-8-23)27-19-21-5-3-4-6-22(21)20-28-15-17-32-18-16-28;/h3-10H,11-20H2,1-2H3,(H,26,27);1H. The van der Waals surface area contributed by atoms with Crippen LogP contribution in [0.4, 0.5) is 5.69 Å². The maximum atomic E-state index is 5.49. The highest BCUT2D eigenvalue weighted by atomic mass is 127. The topological polar surface area (TPSA) is 52.6 Å². The first-order chi connectivity index (χ1) is 15.8. The first-order valence-electron chi connectivity index (χ1n) is 11.5. The van der Waals surface area contributed by atoms with Gasteiger partial charge in [0, 0.05) is 65.1 Å². The van der Waals surface area contributed by atoms with Crippen LogP contribution in [-0.2, 0) is 17.8 Å². The molecule has 2 aliphatic rings. The molecule has 2 aliphatic heterocycles. The molecular formula is C25H36IN5O2. The molecule has 180 valence electrons. The van der Waals surface area contributed by atoms with Gasteiger partial charge in [-0.2, -0.15) is 0 Å². The van der Waals surface area contributed by atoms with E-state index in [0.717, 1.165) is 77.3 Å². The van der Waals surface area contributed by atoms with Gasteiger partial charge in [-0.05, 0) is 35.4 Å². The second-order valence-electron chi connectivity index (χ2n) is 8.23. The van der Waals surface area contributed by atoms with Gasteiger partial charge in [0.15, 0.2) is 5.96 Å². The molecule has 1 N–H and O–H groups in total. The van der Waals surface area contributed by atoms with Crippen LogP contribution in [-0.4, -0.2) is 82.4 Å². The SMILES string of the molecule is CN=C(NCc1ccccc1CN1CCOCC1)N1CCN(c2ccc(OC)cc2)CC1.I. The Kier molecular flexibility index (Phi) is 10.1. The van der Waals surface area contributed by atoms with Gasteiger partial charge >= 0.3 is 0 Å². The summed E-state index contributed by atoms with van der Waals surface area (Å²) in [5.41, 5.74) is 3.95. The molecule has 0 spiro atoms. The van der Waals surface area contributed by atoms with Gasteiger partial charge < -0.3 is 24.6 Å². The molecular weight excluding hydrogens is 529 g/mol. The minimum absolute atomic E-state index is 0. The van der Waals surface area contributed by atoms with Crippen molar-refractivity contribution >= 4 is 35.6 Å². The lowest BCUT2D eigenvalue weighted by Crippen LogP contribution is -2.52. The predicted octanol–water partition coefficient (Wildman–Crippen LogP) is 3.04. The molecule has 2 aromatic rings. The Morgan fingerprint density at radius 1 is 0.939 bits per heavy atom. The Balaban J connectivity index is 0.00000306. The monoisotopic (exact) mass is 565 g/mol. The first kappa shape index (κ1) is 25.6. The van der Waals surface area contributed by atoms with E-state index in [1.807, 2.05) is 19.2 Å². The second-order valence-corrected chi connectivity index (χ2v) is 8.23.